The number of carbonyl (C=O) groups is 1. The van der Waals surface area contributed by atoms with Gasteiger partial charge in [0.25, 0.3) is 9.04 Å². The molecule has 0 aromatic heterocycles. The van der Waals surface area contributed by atoms with Crippen molar-refractivity contribution in [3.05, 3.63) is 22.9 Å². The first-order valence-electron chi connectivity index (χ1n) is 6.35. The molecule has 0 aliphatic carbocycles. The van der Waals surface area contributed by atoms with Gasteiger partial charge in [-0.2, -0.15) is 0 Å². The largest absolute Gasteiger partial charge is 0.515 e. The van der Waals surface area contributed by atoms with Crippen molar-refractivity contribution < 1.29 is 9.22 Å². The Kier molecular flexibility index (Phi) is 7.12. The Labute approximate surface area is 107 Å². The first kappa shape index (κ1) is 16.2. The normalized spacial score (nSPS) is 15.4. The molecule has 0 heterocycles. The van der Waals surface area contributed by atoms with Crippen molar-refractivity contribution >= 4 is 15.0 Å². The zero-order chi connectivity index (χ0) is 13.6. The number of rotatable bonds is 5. The van der Waals surface area contributed by atoms with Gasteiger partial charge in [0, 0.05) is 5.57 Å². The molecule has 0 fully saturated rings. The van der Waals surface area contributed by atoms with Crippen LogP contribution in [-0.4, -0.2) is 15.0 Å². The summed E-state index contributed by atoms with van der Waals surface area (Å²) in [5.41, 5.74) is 0.809. The zero-order valence-corrected chi connectivity index (χ0v) is 13.4. The molecule has 0 rings (SSSR count). The van der Waals surface area contributed by atoms with Crippen molar-refractivity contribution in [1.29, 1.82) is 0 Å². The fourth-order valence-electron chi connectivity index (χ4n) is 1.41. The van der Waals surface area contributed by atoms with Crippen LogP contribution in [0.1, 0.15) is 41.5 Å². The molecule has 0 aromatic carbocycles. The first-order chi connectivity index (χ1) is 7.79. The SMILES string of the molecule is CC=C(C)[SiH](C)OC(=O)C(=CC(C)C)C(C)C. The van der Waals surface area contributed by atoms with Crippen LogP contribution in [0.25, 0.3) is 0 Å². The van der Waals surface area contributed by atoms with Crippen molar-refractivity contribution in [3.63, 3.8) is 0 Å². The van der Waals surface area contributed by atoms with Gasteiger partial charge in [-0.05, 0) is 32.2 Å². The lowest BCUT2D eigenvalue weighted by atomic mass is 9.99. The molecule has 0 N–H and O–H groups in total. The van der Waals surface area contributed by atoms with E-state index in [2.05, 4.69) is 13.8 Å². The third-order valence-corrected chi connectivity index (χ3v) is 4.93. The molecule has 0 spiro atoms. The average molecular weight is 254 g/mol. The molecule has 98 valence electrons. The van der Waals surface area contributed by atoms with Crippen molar-refractivity contribution in [2.45, 2.75) is 48.1 Å². The molecule has 1 atom stereocenters. The molecule has 0 radical (unpaired) electrons. The topological polar surface area (TPSA) is 26.3 Å². The predicted molar refractivity (Wildman–Crippen MR) is 76.3 cm³/mol. The summed E-state index contributed by atoms with van der Waals surface area (Å²) in [6.45, 7) is 14.3. The molecule has 0 aromatic rings. The lowest BCUT2D eigenvalue weighted by Gasteiger charge is -2.17. The van der Waals surface area contributed by atoms with E-state index in [4.69, 9.17) is 4.43 Å². The third kappa shape index (κ3) is 5.87. The van der Waals surface area contributed by atoms with Crippen LogP contribution in [-0.2, 0) is 9.22 Å². The quantitative estimate of drug-likeness (QED) is 0.553. The highest BCUT2D eigenvalue weighted by molar-refractivity contribution is 6.60. The van der Waals surface area contributed by atoms with Crippen molar-refractivity contribution in [2.24, 2.45) is 11.8 Å². The molecule has 0 amide bonds. The van der Waals surface area contributed by atoms with Crippen LogP contribution >= 0.6 is 0 Å². The van der Waals surface area contributed by atoms with Gasteiger partial charge in [0.15, 0.2) is 0 Å². The van der Waals surface area contributed by atoms with E-state index in [1.807, 2.05) is 46.4 Å². The zero-order valence-electron chi connectivity index (χ0n) is 12.2. The van der Waals surface area contributed by atoms with E-state index in [0.717, 1.165) is 5.57 Å². The van der Waals surface area contributed by atoms with Crippen LogP contribution in [0, 0.1) is 11.8 Å². The Hall–Kier alpha value is -0.833. The van der Waals surface area contributed by atoms with Crippen molar-refractivity contribution in [1.82, 2.24) is 0 Å². The van der Waals surface area contributed by atoms with Gasteiger partial charge in [-0.25, -0.2) is 4.79 Å². The van der Waals surface area contributed by atoms with E-state index >= 15 is 0 Å². The fourth-order valence-corrected chi connectivity index (χ4v) is 2.52. The van der Waals surface area contributed by atoms with Gasteiger partial charge in [0.05, 0.1) is 0 Å². The predicted octanol–water partition coefficient (Wildman–Crippen LogP) is 3.63. The second-order valence-electron chi connectivity index (χ2n) is 5.10. The minimum Gasteiger partial charge on any atom is -0.515 e. The van der Waals surface area contributed by atoms with Crippen LogP contribution in [0.5, 0.6) is 0 Å². The molecule has 0 bridgehead atoms. The Morgan fingerprint density at radius 1 is 1.24 bits per heavy atom. The summed E-state index contributed by atoms with van der Waals surface area (Å²) in [7, 11) is -1.53. The average Bonchev–Trinajstić information content (AvgIpc) is 2.23. The van der Waals surface area contributed by atoms with Gasteiger partial charge in [0.1, 0.15) is 0 Å². The van der Waals surface area contributed by atoms with Gasteiger partial charge in [-0.15, -0.1) is 0 Å². The fraction of sp³-hybridized carbons (Fsp3) is 0.643. The Morgan fingerprint density at radius 2 is 1.76 bits per heavy atom. The second-order valence-corrected chi connectivity index (χ2v) is 7.53. The van der Waals surface area contributed by atoms with E-state index < -0.39 is 9.04 Å². The van der Waals surface area contributed by atoms with Gasteiger partial charge < -0.3 is 4.43 Å². The first-order valence-corrected chi connectivity index (χ1v) is 8.55. The molecule has 2 nitrogen and oxygen atoms in total. The van der Waals surface area contributed by atoms with E-state index in [9.17, 15) is 4.79 Å². The molecule has 17 heavy (non-hydrogen) atoms. The number of allylic oxidation sites excluding steroid dienone is 3. The summed E-state index contributed by atoms with van der Waals surface area (Å²) in [4.78, 5) is 12.1. The highest BCUT2D eigenvalue weighted by atomic mass is 28.3. The van der Waals surface area contributed by atoms with Crippen molar-refractivity contribution in [3.8, 4) is 0 Å². The van der Waals surface area contributed by atoms with E-state index in [1.54, 1.807) is 0 Å². The monoisotopic (exact) mass is 254 g/mol. The molecule has 0 aliphatic rings. The number of hydrogen-bond donors (Lipinski definition) is 0. The van der Waals surface area contributed by atoms with E-state index in [1.165, 1.54) is 5.20 Å². The van der Waals surface area contributed by atoms with Crippen LogP contribution in [0.2, 0.25) is 6.55 Å². The molecular formula is C14H26O2Si. The van der Waals surface area contributed by atoms with Crippen LogP contribution < -0.4 is 0 Å². The van der Waals surface area contributed by atoms with Crippen molar-refractivity contribution in [2.75, 3.05) is 0 Å². The Morgan fingerprint density at radius 3 is 2.12 bits per heavy atom. The van der Waals surface area contributed by atoms with Gasteiger partial charge >= 0.3 is 5.97 Å². The molecule has 0 saturated carbocycles. The minimum atomic E-state index is -1.53. The smallest absolute Gasteiger partial charge is 0.320 e. The maximum atomic E-state index is 12.1. The highest BCUT2D eigenvalue weighted by Gasteiger charge is 2.19. The third-order valence-electron chi connectivity index (χ3n) is 2.75. The molecule has 3 heteroatoms. The summed E-state index contributed by atoms with van der Waals surface area (Å²) in [6.07, 6.45) is 4.05. The van der Waals surface area contributed by atoms with Crippen LogP contribution in [0.15, 0.2) is 22.9 Å². The van der Waals surface area contributed by atoms with Crippen LogP contribution in [0.4, 0.5) is 0 Å². The summed E-state index contributed by atoms with van der Waals surface area (Å²) < 4.78 is 5.59. The minimum absolute atomic E-state index is 0.130. The summed E-state index contributed by atoms with van der Waals surface area (Å²) in [5, 5.41) is 1.21. The van der Waals surface area contributed by atoms with E-state index in [-0.39, 0.29) is 11.9 Å². The van der Waals surface area contributed by atoms with E-state index in [0.29, 0.717) is 5.92 Å². The number of hydrogen-bond acceptors (Lipinski definition) is 2. The molecular weight excluding hydrogens is 228 g/mol. The lowest BCUT2D eigenvalue weighted by molar-refractivity contribution is -0.130. The maximum absolute atomic E-state index is 12.1. The Balaban J connectivity index is 4.78. The standard InChI is InChI=1S/C14H26O2Si/c1-8-12(6)17(7)16-14(15)13(11(4)5)9-10(2)3/h8-11,17H,1-7H3. The molecule has 0 aliphatic heterocycles. The van der Waals surface area contributed by atoms with Crippen LogP contribution in [0.3, 0.4) is 0 Å². The maximum Gasteiger partial charge on any atom is 0.320 e. The lowest BCUT2D eigenvalue weighted by Crippen LogP contribution is -2.23. The summed E-state index contributed by atoms with van der Waals surface area (Å²) in [6, 6.07) is 0. The molecule has 1 unspecified atom stereocenters. The van der Waals surface area contributed by atoms with Gasteiger partial charge in [-0.3, -0.25) is 0 Å². The number of carbonyl (C=O) groups excluding carboxylic acids is 1. The summed E-state index contributed by atoms with van der Waals surface area (Å²) >= 11 is 0. The second kappa shape index (κ2) is 7.48. The van der Waals surface area contributed by atoms with Gasteiger partial charge in [-0.1, -0.05) is 45.0 Å². The summed E-state index contributed by atoms with van der Waals surface area (Å²) in [5.74, 6) is 0.464. The highest BCUT2D eigenvalue weighted by Crippen LogP contribution is 2.16. The molecule has 0 saturated heterocycles. The Bertz CT molecular complexity index is 314. The van der Waals surface area contributed by atoms with Gasteiger partial charge in [0.2, 0.25) is 0 Å².